The lowest BCUT2D eigenvalue weighted by Gasteiger charge is -2.35. The molecule has 0 amide bonds. The Morgan fingerprint density at radius 2 is 2.00 bits per heavy atom. The molecule has 0 aliphatic heterocycles. The largest absolute Gasteiger partial charge is 0.327 e. The summed E-state index contributed by atoms with van der Waals surface area (Å²) in [5.74, 6) is 2.44. The zero-order valence-electron chi connectivity index (χ0n) is 12.0. The standard InChI is InChI=1S/C17H27N/c1-12-5-4-6-15(9-12)11-17(18)16-8-7-13(2)14(3)10-16/h4-6,9,13-14,16-17H,7-8,10-11,18H2,1-3H3. The lowest BCUT2D eigenvalue weighted by Crippen LogP contribution is -2.37. The maximum Gasteiger partial charge on any atom is 0.0108 e. The highest BCUT2D eigenvalue weighted by Crippen LogP contribution is 2.35. The van der Waals surface area contributed by atoms with E-state index in [1.807, 2.05) is 0 Å². The predicted molar refractivity (Wildman–Crippen MR) is 78.5 cm³/mol. The molecule has 1 aromatic rings. The van der Waals surface area contributed by atoms with Crippen molar-refractivity contribution in [3.05, 3.63) is 35.4 Å². The van der Waals surface area contributed by atoms with E-state index in [-0.39, 0.29) is 0 Å². The molecule has 1 nitrogen and oxygen atoms in total. The fourth-order valence-electron chi connectivity index (χ4n) is 3.26. The van der Waals surface area contributed by atoms with Crippen LogP contribution in [0.5, 0.6) is 0 Å². The van der Waals surface area contributed by atoms with Crippen molar-refractivity contribution < 1.29 is 0 Å². The molecule has 0 heterocycles. The molecular formula is C17H27N. The van der Waals surface area contributed by atoms with Crippen LogP contribution in [0.4, 0.5) is 0 Å². The Bertz CT molecular complexity index is 385. The molecule has 1 aliphatic rings. The third-order valence-corrected chi connectivity index (χ3v) is 4.80. The van der Waals surface area contributed by atoms with Crippen LogP contribution < -0.4 is 5.73 Å². The van der Waals surface area contributed by atoms with Gasteiger partial charge in [-0.25, -0.2) is 0 Å². The summed E-state index contributed by atoms with van der Waals surface area (Å²) in [6.07, 6.45) is 5.02. The summed E-state index contributed by atoms with van der Waals surface area (Å²) in [5, 5.41) is 0. The van der Waals surface area contributed by atoms with Gasteiger partial charge in [0.2, 0.25) is 0 Å². The van der Waals surface area contributed by atoms with Crippen molar-refractivity contribution in [2.45, 2.75) is 52.5 Å². The molecule has 1 aliphatic carbocycles. The summed E-state index contributed by atoms with van der Waals surface area (Å²) >= 11 is 0. The van der Waals surface area contributed by atoms with Crippen LogP contribution in [0.3, 0.4) is 0 Å². The van der Waals surface area contributed by atoms with Gasteiger partial charge in [0.15, 0.2) is 0 Å². The highest BCUT2D eigenvalue weighted by Gasteiger charge is 2.28. The number of hydrogen-bond acceptors (Lipinski definition) is 1. The van der Waals surface area contributed by atoms with Crippen LogP contribution >= 0.6 is 0 Å². The molecule has 1 fully saturated rings. The highest BCUT2D eigenvalue weighted by molar-refractivity contribution is 5.23. The quantitative estimate of drug-likeness (QED) is 0.857. The van der Waals surface area contributed by atoms with Gasteiger partial charge >= 0.3 is 0 Å². The van der Waals surface area contributed by atoms with Gasteiger partial charge in [0, 0.05) is 6.04 Å². The maximum absolute atomic E-state index is 6.44. The smallest absolute Gasteiger partial charge is 0.0108 e. The van der Waals surface area contributed by atoms with Crippen LogP contribution in [-0.4, -0.2) is 6.04 Å². The van der Waals surface area contributed by atoms with E-state index < -0.39 is 0 Å². The van der Waals surface area contributed by atoms with Crippen molar-refractivity contribution in [3.8, 4) is 0 Å². The van der Waals surface area contributed by atoms with Crippen molar-refractivity contribution in [1.82, 2.24) is 0 Å². The molecule has 2 N–H and O–H groups in total. The minimum Gasteiger partial charge on any atom is -0.327 e. The molecule has 0 saturated heterocycles. The molecule has 0 bridgehead atoms. The second-order valence-electron chi connectivity index (χ2n) is 6.38. The van der Waals surface area contributed by atoms with E-state index in [2.05, 4.69) is 45.0 Å². The van der Waals surface area contributed by atoms with Crippen LogP contribution in [0.1, 0.15) is 44.2 Å². The first-order chi connectivity index (χ1) is 8.56. The van der Waals surface area contributed by atoms with Gasteiger partial charge in [-0.15, -0.1) is 0 Å². The molecule has 1 aromatic carbocycles. The number of rotatable bonds is 3. The molecule has 0 radical (unpaired) electrons. The number of nitrogens with two attached hydrogens (primary N) is 1. The maximum atomic E-state index is 6.44. The zero-order valence-corrected chi connectivity index (χ0v) is 12.0. The lowest BCUT2D eigenvalue weighted by atomic mass is 9.72. The van der Waals surface area contributed by atoms with Gasteiger partial charge in [-0.05, 0) is 49.5 Å². The van der Waals surface area contributed by atoms with E-state index in [0.29, 0.717) is 6.04 Å². The molecule has 4 unspecified atom stereocenters. The molecular weight excluding hydrogens is 218 g/mol. The molecule has 2 rings (SSSR count). The Morgan fingerprint density at radius 3 is 2.67 bits per heavy atom. The molecule has 1 heteroatoms. The molecule has 4 atom stereocenters. The van der Waals surface area contributed by atoms with Crippen molar-refractivity contribution >= 4 is 0 Å². The first-order valence-electron chi connectivity index (χ1n) is 7.37. The van der Waals surface area contributed by atoms with Crippen molar-refractivity contribution in [3.63, 3.8) is 0 Å². The van der Waals surface area contributed by atoms with Crippen LogP contribution in [-0.2, 0) is 6.42 Å². The van der Waals surface area contributed by atoms with Crippen molar-refractivity contribution in [1.29, 1.82) is 0 Å². The monoisotopic (exact) mass is 245 g/mol. The van der Waals surface area contributed by atoms with Gasteiger partial charge in [0.05, 0.1) is 0 Å². The van der Waals surface area contributed by atoms with Gasteiger partial charge in [0.1, 0.15) is 0 Å². The Hall–Kier alpha value is -0.820. The lowest BCUT2D eigenvalue weighted by molar-refractivity contribution is 0.185. The minimum atomic E-state index is 0.335. The van der Waals surface area contributed by atoms with Crippen LogP contribution in [0.15, 0.2) is 24.3 Å². The molecule has 1 saturated carbocycles. The fourth-order valence-corrected chi connectivity index (χ4v) is 3.26. The van der Waals surface area contributed by atoms with Gasteiger partial charge in [0.25, 0.3) is 0 Å². The summed E-state index contributed by atoms with van der Waals surface area (Å²) in [5.41, 5.74) is 9.17. The first kappa shape index (κ1) is 13.6. The Labute approximate surface area is 112 Å². The molecule has 0 spiro atoms. The number of aryl methyl sites for hydroxylation is 1. The summed E-state index contributed by atoms with van der Waals surface area (Å²) in [6, 6.07) is 9.11. The van der Waals surface area contributed by atoms with E-state index in [1.165, 1.54) is 30.4 Å². The second kappa shape index (κ2) is 5.88. The van der Waals surface area contributed by atoms with Crippen LogP contribution in [0.2, 0.25) is 0 Å². The van der Waals surface area contributed by atoms with Gasteiger partial charge in [-0.2, -0.15) is 0 Å². The molecule has 100 valence electrons. The SMILES string of the molecule is Cc1cccc(CC(N)C2CCC(C)C(C)C2)c1. The van der Waals surface area contributed by atoms with E-state index in [0.717, 1.165) is 24.2 Å². The Morgan fingerprint density at radius 1 is 1.22 bits per heavy atom. The van der Waals surface area contributed by atoms with E-state index in [9.17, 15) is 0 Å². The summed E-state index contributed by atoms with van der Waals surface area (Å²) in [7, 11) is 0. The average molecular weight is 245 g/mol. The second-order valence-corrected chi connectivity index (χ2v) is 6.38. The van der Waals surface area contributed by atoms with E-state index in [4.69, 9.17) is 5.73 Å². The van der Waals surface area contributed by atoms with Gasteiger partial charge in [-0.1, -0.05) is 50.1 Å². The normalized spacial score (nSPS) is 30.1. The fraction of sp³-hybridized carbons (Fsp3) is 0.647. The topological polar surface area (TPSA) is 26.0 Å². The summed E-state index contributed by atoms with van der Waals surface area (Å²) < 4.78 is 0. The first-order valence-corrected chi connectivity index (χ1v) is 7.37. The van der Waals surface area contributed by atoms with E-state index >= 15 is 0 Å². The number of benzene rings is 1. The van der Waals surface area contributed by atoms with Crippen molar-refractivity contribution in [2.75, 3.05) is 0 Å². The summed E-state index contributed by atoms with van der Waals surface area (Å²) in [6.45, 7) is 6.92. The molecule has 0 aromatic heterocycles. The zero-order chi connectivity index (χ0) is 13.1. The number of hydrogen-bond donors (Lipinski definition) is 1. The van der Waals surface area contributed by atoms with Crippen molar-refractivity contribution in [2.24, 2.45) is 23.5 Å². The minimum absolute atomic E-state index is 0.335. The highest BCUT2D eigenvalue weighted by atomic mass is 14.7. The van der Waals surface area contributed by atoms with Crippen LogP contribution in [0.25, 0.3) is 0 Å². The average Bonchev–Trinajstić information content (AvgIpc) is 2.32. The van der Waals surface area contributed by atoms with Gasteiger partial charge in [-0.3, -0.25) is 0 Å². The third kappa shape index (κ3) is 3.35. The Kier molecular flexibility index (Phi) is 4.45. The Balaban J connectivity index is 1.94. The molecule has 18 heavy (non-hydrogen) atoms. The van der Waals surface area contributed by atoms with Crippen LogP contribution in [0, 0.1) is 24.7 Å². The van der Waals surface area contributed by atoms with E-state index in [1.54, 1.807) is 0 Å². The van der Waals surface area contributed by atoms with Gasteiger partial charge < -0.3 is 5.73 Å². The third-order valence-electron chi connectivity index (χ3n) is 4.80. The predicted octanol–water partition coefficient (Wildman–Crippen LogP) is 3.94. The summed E-state index contributed by atoms with van der Waals surface area (Å²) in [4.78, 5) is 0.